The lowest BCUT2D eigenvalue weighted by Crippen LogP contribution is -2.41. The molecule has 0 atom stereocenters. The number of carbonyl (C=O) groups excluding carboxylic acids is 2. The number of ether oxygens (including phenoxy) is 1. The average Bonchev–Trinajstić information content (AvgIpc) is 2.43. The summed E-state index contributed by atoms with van der Waals surface area (Å²) in [6.07, 6.45) is 1.48. The zero-order chi connectivity index (χ0) is 15.0. The molecule has 7 nitrogen and oxygen atoms in total. The zero-order valence-corrected chi connectivity index (χ0v) is 10.6. The molecule has 0 aliphatic heterocycles. The standard InChI is InChI=1S/C13H14N2O5/c1-2-7-14-13(19)15-11(16)8-20-10-5-3-9(4-6-10)12(17)18/h2-6H,1,7-8H2,(H,17,18)(H2,14,15,16,19). The van der Waals surface area contributed by atoms with E-state index in [0.29, 0.717) is 5.75 Å². The van der Waals surface area contributed by atoms with Crippen molar-refractivity contribution in [2.75, 3.05) is 13.2 Å². The normalized spacial score (nSPS) is 9.40. The van der Waals surface area contributed by atoms with Crippen LogP contribution in [0, 0.1) is 0 Å². The molecule has 7 heteroatoms. The molecule has 0 heterocycles. The van der Waals surface area contributed by atoms with Gasteiger partial charge in [-0.15, -0.1) is 6.58 Å². The maximum Gasteiger partial charge on any atom is 0.335 e. The number of imide groups is 1. The van der Waals surface area contributed by atoms with Crippen LogP contribution < -0.4 is 15.4 Å². The van der Waals surface area contributed by atoms with E-state index in [4.69, 9.17) is 9.84 Å². The zero-order valence-electron chi connectivity index (χ0n) is 10.6. The van der Waals surface area contributed by atoms with E-state index in [9.17, 15) is 14.4 Å². The Bertz CT molecular complexity index is 510. The highest BCUT2D eigenvalue weighted by Gasteiger charge is 2.08. The number of rotatable bonds is 6. The summed E-state index contributed by atoms with van der Waals surface area (Å²) in [5, 5.41) is 13.1. The van der Waals surface area contributed by atoms with E-state index in [2.05, 4.69) is 17.2 Å². The summed E-state index contributed by atoms with van der Waals surface area (Å²) in [5.74, 6) is -1.33. The summed E-state index contributed by atoms with van der Waals surface area (Å²) in [7, 11) is 0. The predicted octanol–water partition coefficient (Wildman–Crippen LogP) is 0.775. The Labute approximate surface area is 115 Å². The van der Waals surface area contributed by atoms with Crippen LogP contribution in [0.15, 0.2) is 36.9 Å². The number of benzene rings is 1. The summed E-state index contributed by atoms with van der Waals surface area (Å²) in [6.45, 7) is 3.31. The number of carbonyl (C=O) groups is 3. The molecule has 20 heavy (non-hydrogen) atoms. The van der Waals surface area contributed by atoms with E-state index in [0.717, 1.165) is 0 Å². The van der Waals surface area contributed by atoms with E-state index in [1.807, 2.05) is 0 Å². The fraction of sp³-hybridized carbons (Fsp3) is 0.154. The van der Waals surface area contributed by atoms with Gasteiger partial charge in [0.15, 0.2) is 6.61 Å². The highest BCUT2D eigenvalue weighted by atomic mass is 16.5. The molecular formula is C13H14N2O5. The molecule has 0 bridgehead atoms. The molecule has 106 valence electrons. The molecule has 3 amide bonds. The van der Waals surface area contributed by atoms with Gasteiger partial charge in [0.25, 0.3) is 5.91 Å². The molecule has 0 spiro atoms. The first-order chi connectivity index (χ1) is 9.52. The summed E-state index contributed by atoms with van der Waals surface area (Å²) in [5.41, 5.74) is 0.116. The van der Waals surface area contributed by atoms with Crippen LogP contribution in [0.1, 0.15) is 10.4 Å². The lowest BCUT2D eigenvalue weighted by molar-refractivity contribution is -0.122. The van der Waals surface area contributed by atoms with Crippen molar-refractivity contribution >= 4 is 17.9 Å². The third kappa shape index (κ3) is 5.21. The Balaban J connectivity index is 2.38. The number of aromatic carboxylic acids is 1. The van der Waals surface area contributed by atoms with Crippen LogP contribution in [-0.4, -0.2) is 36.2 Å². The molecule has 0 unspecified atom stereocenters. The van der Waals surface area contributed by atoms with Crippen LogP contribution in [0.2, 0.25) is 0 Å². The third-order valence-corrected chi connectivity index (χ3v) is 2.13. The van der Waals surface area contributed by atoms with Gasteiger partial charge in [-0.25, -0.2) is 9.59 Å². The number of urea groups is 1. The van der Waals surface area contributed by atoms with Gasteiger partial charge in [-0.05, 0) is 24.3 Å². The van der Waals surface area contributed by atoms with Crippen LogP contribution in [-0.2, 0) is 4.79 Å². The highest BCUT2D eigenvalue weighted by Crippen LogP contribution is 2.11. The molecule has 1 aromatic rings. The molecular weight excluding hydrogens is 264 g/mol. The minimum absolute atomic E-state index is 0.116. The molecule has 3 N–H and O–H groups in total. The summed E-state index contributed by atoms with van der Waals surface area (Å²) >= 11 is 0. The maximum atomic E-state index is 11.3. The van der Waals surface area contributed by atoms with Gasteiger partial charge in [-0.2, -0.15) is 0 Å². The maximum absolute atomic E-state index is 11.3. The van der Waals surface area contributed by atoms with Gasteiger partial charge in [-0.1, -0.05) is 6.08 Å². The van der Waals surface area contributed by atoms with Crippen molar-refractivity contribution in [1.29, 1.82) is 0 Å². The Kier molecular flexibility index (Phi) is 5.76. The first kappa shape index (κ1) is 15.2. The molecule has 1 rings (SSSR count). The van der Waals surface area contributed by atoms with Gasteiger partial charge in [0.2, 0.25) is 0 Å². The quantitative estimate of drug-likeness (QED) is 0.667. The average molecular weight is 278 g/mol. The van der Waals surface area contributed by atoms with Gasteiger partial charge < -0.3 is 15.2 Å². The number of hydrogen-bond acceptors (Lipinski definition) is 4. The molecule has 0 radical (unpaired) electrons. The Morgan fingerprint density at radius 2 is 1.90 bits per heavy atom. The Morgan fingerprint density at radius 3 is 2.45 bits per heavy atom. The van der Waals surface area contributed by atoms with Crippen LogP contribution in [0.5, 0.6) is 5.75 Å². The van der Waals surface area contributed by atoms with Crippen LogP contribution in [0.3, 0.4) is 0 Å². The predicted molar refractivity (Wildman–Crippen MR) is 70.6 cm³/mol. The summed E-state index contributed by atoms with van der Waals surface area (Å²) in [4.78, 5) is 33.1. The second-order valence-electron chi connectivity index (χ2n) is 3.67. The number of carboxylic acid groups (broad SMARTS) is 1. The van der Waals surface area contributed by atoms with Gasteiger partial charge in [-0.3, -0.25) is 10.1 Å². The van der Waals surface area contributed by atoms with E-state index in [1.54, 1.807) is 0 Å². The molecule has 0 fully saturated rings. The van der Waals surface area contributed by atoms with Gasteiger partial charge in [0.05, 0.1) is 5.56 Å². The Hall–Kier alpha value is -2.83. The molecule has 0 aliphatic carbocycles. The summed E-state index contributed by atoms with van der Waals surface area (Å²) < 4.78 is 5.10. The van der Waals surface area contributed by atoms with E-state index >= 15 is 0 Å². The largest absolute Gasteiger partial charge is 0.484 e. The SMILES string of the molecule is C=CCNC(=O)NC(=O)COc1ccc(C(=O)O)cc1. The van der Waals surface area contributed by atoms with E-state index < -0.39 is 17.9 Å². The fourth-order valence-electron chi connectivity index (χ4n) is 1.21. The van der Waals surface area contributed by atoms with Gasteiger partial charge in [0, 0.05) is 6.54 Å². The van der Waals surface area contributed by atoms with Crippen molar-refractivity contribution < 1.29 is 24.2 Å². The van der Waals surface area contributed by atoms with Crippen LogP contribution in [0.4, 0.5) is 4.79 Å². The van der Waals surface area contributed by atoms with E-state index in [-0.39, 0.29) is 18.7 Å². The van der Waals surface area contributed by atoms with Gasteiger partial charge in [0.1, 0.15) is 5.75 Å². The lowest BCUT2D eigenvalue weighted by Gasteiger charge is -2.07. The number of amides is 3. The second-order valence-corrected chi connectivity index (χ2v) is 3.67. The molecule has 1 aromatic carbocycles. The van der Waals surface area contributed by atoms with Crippen molar-refractivity contribution in [3.63, 3.8) is 0 Å². The third-order valence-electron chi connectivity index (χ3n) is 2.13. The second kappa shape index (κ2) is 7.57. The Morgan fingerprint density at radius 1 is 1.25 bits per heavy atom. The topological polar surface area (TPSA) is 105 Å². The van der Waals surface area contributed by atoms with Crippen LogP contribution in [0.25, 0.3) is 0 Å². The smallest absolute Gasteiger partial charge is 0.335 e. The molecule has 0 saturated heterocycles. The number of hydrogen-bond donors (Lipinski definition) is 3. The molecule has 0 aromatic heterocycles. The van der Waals surface area contributed by atoms with Gasteiger partial charge >= 0.3 is 12.0 Å². The first-order valence-corrected chi connectivity index (χ1v) is 5.67. The van der Waals surface area contributed by atoms with E-state index in [1.165, 1.54) is 30.3 Å². The fourth-order valence-corrected chi connectivity index (χ4v) is 1.21. The molecule has 0 saturated carbocycles. The molecule has 0 aliphatic rings. The minimum atomic E-state index is -1.05. The monoisotopic (exact) mass is 278 g/mol. The van der Waals surface area contributed by atoms with Crippen molar-refractivity contribution in [3.8, 4) is 5.75 Å². The number of carboxylic acids is 1. The number of nitrogens with one attached hydrogen (secondary N) is 2. The van der Waals surface area contributed by atoms with Crippen molar-refractivity contribution in [2.24, 2.45) is 0 Å². The summed E-state index contributed by atoms with van der Waals surface area (Å²) in [6, 6.07) is 4.92. The minimum Gasteiger partial charge on any atom is -0.484 e. The first-order valence-electron chi connectivity index (χ1n) is 5.67. The van der Waals surface area contributed by atoms with Crippen molar-refractivity contribution in [3.05, 3.63) is 42.5 Å². The van der Waals surface area contributed by atoms with Crippen LogP contribution >= 0.6 is 0 Å². The highest BCUT2D eigenvalue weighted by molar-refractivity contribution is 5.95. The van der Waals surface area contributed by atoms with Crippen molar-refractivity contribution in [2.45, 2.75) is 0 Å². The lowest BCUT2D eigenvalue weighted by atomic mass is 10.2. The van der Waals surface area contributed by atoms with Crippen molar-refractivity contribution in [1.82, 2.24) is 10.6 Å².